The minimum absolute atomic E-state index is 0.198. The molecule has 4 rings (SSSR count). The highest BCUT2D eigenvalue weighted by Gasteiger charge is 2.51. The molecule has 0 spiro atoms. The van der Waals surface area contributed by atoms with Crippen molar-refractivity contribution in [1.82, 2.24) is 9.88 Å². The largest absolute Gasteiger partial charge is 0.469 e. The molecule has 1 aliphatic heterocycles. The minimum atomic E-state index is -0.741. The predicted molar refractivity (Wildman–Crippen MR) is 90.5 cm³/mol. The van der Waals surface area contributed by atoms with Crippen LogP contribution in [0.25, 0.3) is 10.9 Å². The van der Waals surface area contributed by atoms with Crippen molar-refractivity contribution in [3.8, 4) is 6.07 Å². The molecular formula is C19H21N3O2. The number of fused-ring (bicyclic) bond motifs is 2. The van der Waals surface area contributed by atoms with Crippen LogP contribution in [0.5, 0.6) is 0 Å². The summed E-state index contributed by atoms with van der Waals surface area (Å²) in [5, 5.41) is 10.6. The zero-order valence-electron chi connectivity index (χ0n) is 14.0. The van der Waals surface area contributed by atoms with E-state index in [1.54, 1.807) is 0 Å². The van der Waals surface area contributed by atoms with Gasteiger partial charge in [-0.25, -0.2) is 0 Å². The molecule has 1 N–H and O–H groups in total. The van der Waals surface area contributed by atoms with Gasteiger partial charge in [-0.1, -0.05) is 12.1 Å². The second-order valence-corrected chi connectivity index (χ2v) is 7.19. The summed E-state index contributed by atoms with van der Waals surface area (Å²) in [6.07, 6.45) is 3.95. The second-order valence-electron chi connectivity index (χ2n) is 7.19. The fraction of sp³-hybridized carbons (Fsp3) is 0.474. The lowest BCUT2D eigenvalue weighted by Crippen LogP contribution is -2.55. The number of likely N-dealkylation sites (N-methyl/N-ethyl adjacent to an activating group) is 1. The van der Waals surface area contributed by atoms with Crippen molar-refractivity contribution < 1.29 is 9.53 Å². The average molecular weight is 323 g/mol. The number of nitrogens with one attached hydrogen (secondary N) is 1. The number of rotatable bonds is 2. The molecule has 124 valence electrons. The molecule has 5 heteroatoms. The van der Waals surface area contributed by atoms with E-state index in [2.05, 4.69) is 47.4 Å². The van der Waals surface area contributed by atoms with Gasteiger partial charge in [-0.2, -0.15) is 5.26 Å². The molecule has 5 nitrogen and oxygen atoms in total. The third kappa shape index (κ3) is 1.99. The van der Waals surface area contributed by atoms with Crippen molar-refractivity contribution in [2.75, 3.05) is 20.7 Å². The summed E-state index contributed by atoms with van der Waals surface area (Å²) >= 11 is 0. The number of carbonyl (C=O) groups excluding carboxylic acids is 1. The molecule has 2 heterocycles. The highest BCUT2D eigenvalue weighted by molar-refractivity contribution is 5.88. The number of hydrogen-bond acceptors (Lipinski definition) is 4. The summed E-state index contributed by atoms with van der Waals surface area (Å²) in [6.45, 7) is 0.574. The van der Waals surface area contributed by atoms with E-state index in [-0.39, 0.29) is 18.3 Å². The number of benzene rings is 1. The highest BCUT2D eigenvalue weighted by Crippen LogP contribution is 2.49. The summed E-state index contributed by atoms with van der Waals surface area (Å²) in [4.78, 5) is 18.1. The lowest BCUT2D eigenvalue weighted by atomic mass is 9.65. The van der Waals surface area contributed by atoms with Crippen LogP contribution in [0.4, 0.5) is 0 Å². The van der Waals surface area contributed by atoms with Gasteiger partial charge in [0.15, 0.2) is 0 Å². The molecule has 24 heavy (non-hydrogen) atoms. The van der Waals surface area contributed by atoms with Gasteiger partial charge in [-0.3, -0.25) is 4.79 Å². The Hall–Kier alpha value is -2.32. The van der Waals surface area contributed by atoms with Gasteiger partial charge in [-0.05, 0) is 37.1 Å². The molecule has 1 aromatic carbocycles. The van der Waals surface area contributed by atoms with Crippen molar-refractivity contribution in [1.29, 1.82) is 5.26 Å². The topological polar surface area (TPSA) is 69.1 Å². The number of esters is 1. The van der Waals surface area contributed by atoms with Gasteiger partial charge in [0, 0.05) is 35.6 Å². The molecule has 1 aliphatic carbocycles. The van der Waals surface area contributed by atoms with Crippen LogP contribution in [-0.4, -0.2) is 42.6 Å². The first-order valence-electron chi connectivity index (χ1n) is 8.34. The minimum Gasteiger partial charge on any atom is -0.469 e. The zero-order valence-corrected chi connectivity index (χ0v) is 14.0. The number of carbonyl (C=O) groups is 1. The molecule has 1 aromatic heterocycles. The van der Waals surface area contributed by atoms with Crippen molar-refractivity contribution >= 4 is 16.9 Å². The molecule has 0 bridgehead atoms. The Kier molecular flexibility index (Phi) is 3.40. The Balaban J connectivity index is 1.84. The number of likely N-dealkylation sites (tertiary alicyclic amines) is 1. The monoisotopic (exact) mass is 323 g/mol. The lowest BCUT2D eigenvalue weighted by Gasteiger charge is -2.49. The lowest BCUT2D eigenvalue weighted by molar-refractivity contribution is -0.157. The molecule has 0 unspecified atom stereocenters. The standard InChI is InChI=1S/C19H21N3O2/c1-22-11-19(6-7-20,18(23)24-2)9-14-13-4-3-5-15-17(13)12(10-21-15)8-16(14)22/h3-5,10,14,16,21H,6,8-9,11H2,1-2H3/t14-,16-,19-/m1/s1. The van der Waals surface area contributed by atoms with E-state index in [0.717, 1.165) is 11.9 Å². The molecule has 0 radical (unpaired) electrons. The normalized spacial score (nSPS) is 29.0. The molecule has 1 saturated heterocycles. The van der Waals surface area contributed by atoms with Gasteiger partial charge in [0.25, 0.3) is 0 Å². The number of nitriles is 1. The summed E-state index contributed by atoms with van der Waals surface area (Å²) in [7, 11) is 3.48. The number of piperidine rings is 1. The number of aromatic amines is 1. The fourth-order valence-electron chi connectivity index (χ4n) is 4.84. The van der Waals surface area contributed by atoms with Crippen molar-refractivity contribution in [2.45, 2.75) is 31.2 Å². The number of H-pyrrole nitrogens is 1. The first-order chi connectivity index (χ1) is 11.6. The third-order valence-electron chi connectivity index (χ3n) is 5.88. The van der Waals surface area contributed by atoms with E-state index >= 15 is 0 Å². The van der Waals surface area contributed by atoms with E-state index in [0.29, 0.717) is 19.0 Å². The number of aromatic nitrogens is 1. The van der Waals surface area contributed by atoms with Crippen LogP contribution in [0.2, 0.25) is 0 Å². The number of hydrogen-bond donors (Lipinski definition) is 1. The number of ether oxygens (including phenoxy) is 1. The van der Waals surface area contributed by atoms with Gasteiger partial charge >= 0.3 is 5.97 Å². The number of methoxy groups -OCH3 is 1. The van der Waals surface area contributed by atoms with Crippen LogP contribution in [-0.2, 0) is 16.0 Å². The molecule has 2 aliphatic rings. The molecule has 3 atom stereocenters. The van der Waals surface area contributed by atoms with Gasteiger partial charge < -0.3 is 14.6 Å². The van der Waals surface area contributed by atoms with E-state index in [9.17, 15) is 10.1 Å². The first kappa shape index (κ1) is 15.2. The highest BCUT2D eigenvalue weighted by atomic mass is 16.5. The maximum absolute atomic E-state index is 12.5. The van der Waals surface area contributed by atoms with Crippen LogP contribution in [0.1, 0.15) is 29.9 Å². The smallest absolute Gasteiger partial charge is 0.314 e. The SMILES string of the molecule is COC(=O)[C@]1(CC#N)C[C@@H]2c3cccc4[nH]cc(c34)C[C@H]2N(C)C1. The molecule has 1 fully saturated rings. The Labute approximate surface area is 141 Å². The Morgan fingerprint density at radius 2 is 2.38 bits per heavy atom. The quantitative estimate of drug-likeness (QED) is 0.863. The molecule has 0 saturated carbocycles. The van der Waals surface area contributed by atoms with Gasteiger partial charge in [0.2, 0.25) is 0 Å². The van der Waals surface area contributed by atoms with Crippen LogP contribution in [0.15, 0.2) is 24.4 Å². The van der Waals surface area contributed by atoms with Crippen LogP contribution < -0.4 is 0 Å². The Morgan fingerprint density at radius 3 is 3.12 bits per heavy atom. The summed E-state index contributed by atoms with van der Waals surface area (Å²) in [6, 6.07) is 8.91. The zero-order chi connectivity index (χ0) is 16.9. The van der Waals surface area contributed by atoms with Crippen molar-refractivity contribution in [3.05, 3.63) is 35.5 Å². The van der Waals surface area contributed by atoms with Gasteiger partial charge in [0.1, 0.15) is 0 Å². The molecule has 2 aromatic rings. The molecule has 0 amide bonds. The fourth-order valence-corrected chi connectivity index (χ4v) is 4.84. The number of nitrogens with zero attached hydrogens (tertiary/aromatic N) is 2. The van der Waals surface area contributed by atoms with Crippen LogP contribution >= 0.6 is 0 Å². The Morgan fingerprint density at radius 1 is 1.54 bits per heavy atom. The molecular weight excluding hydrogens is 302 g/mol. The maximum atomic E-state index is 12.5. The van der Waals surface area contributed by atoms with Crippen molar-refractivity contribution in [2.24, 2.45) is 5.41 Å². The van der Waals surface area contributed by atoms with Crippen LogP contribution in [0, 0.1) is 16.7 Å². The Bertz CT molecular complexity index is 850. The van der Waals surface area contributed by atoms with Gasteiger partial charge in [0.05, 0.1) is 25.0 Å². The van der Waals surface area contributed by atoms with Gasteiger partial charge in [-0.15, -0.1) is 0 Å². The van der Waals surface area contributed by atoms with Crippen LogP contribution in [0.3, 0.4) is 0 Å². The first-order valence-corrected chi connectivity index (χ1v) is 8.34. The van der Waals surface area contributed by atoms with E-state index < -0.39 is 5.41 Å². The van der Waals surface area contributed by atoms with E-state index in [1.165, 1.54) is 23.6 Å². The van der Waals surface area contributed by atoms with E-state index in [1.807, 2.05) is 0 Å². The maximum Gasteiger partial charge on any atom is 0.314 e. The van der Waals surface area contributed by atoms with Crippen molar-refractivity contribution in [3.63, 3.8) is 0 Å². The second kappa shape index (κ2) is 5.35. The summed E-state index contributed by atoms with van der Waals surface area (Å²) < 4.78 is 5.08. The summed E-state index contributed by atoms with van der Waals surface area (Å²) in [5.74, 6) is -0.0235. The predicted octanol–water partition coefficient (Wildman–Crippen LogP) is 2.58. The third-order valence-corrected chi connectivity index (χ3v) is 5.88. The summed E-state index contributed by atoms with van der Waals surface area (Å²) in [5.41, 5.74) is 3.05. The average Bonchev–Trinajstić information content (AvgIpc) is 3.00. The van der Waals surface area contributed by atoms with E-state index in [4.69, 9.17) is 4.74 Å².